The summed E-state index contributed by atoms with van der Waals surface area (Å²) in [4.78, 5) is 3.99. The Balaban J connectivity index is 2.35. The van der Waals surface area contributed by atoms with Gasteiger partial charge in [-0.05, 0) is 24.3 Å². The average Bonchev–Trinajstić information content (AvgIpc) is 2.67. The van der Waals surface area contributed by atoms with E-state index in [1.165, 1.54) is 0 Å². The van der Waals surface area contributed by atoms with Gasteiger partial charge in [0.2, 0.25) is 5.82 Å². The third-order valence-corrected chi connectivity index (χ3v) is 2.78. The van der Waals surface area contributed by atoms with Crippen molar-refractivity contribution < 1.29 is 4.52 Å². The lowest BCUT2D eigenvalue weighted by Gasteiger charge is -2.01. The highest BCUT2D eigenvalue weighted by Crippen LogP contribution is 2.37. The molecule has 0 saturated heterocycles. The Kier molecular flexibility index (Phi) is 3.45. The summed E-state index contributed by atoms with van der Waals surface area (Å²) < 4.78 is 4.11. The molecule has 2 aromatic rings. The molecule has 84 valence electrons. The first-order valence-electron chi connectivity index (χ1n) is 4.13. The van der Waals surface area contributed by atoms with Gasteiger partial charge in [-0.25, -0.2) is 0 Å². The summed E-state index contributed by atoms with van der Waals surface area (Å²) in [6.45, 7) is 0. The summed E-state index contributed by atoms with van der Waals surface area (Å²) in [7, 11) is 0. The minimum absolute atomic E-state index is 0.0459. The monoisotopic (exact) mass is 340 g/mol. The van der Waals surface area contributed by atoms with Crippen LogP contribution < -0.4 is 0 Å². The van der Waals surface area contributed by atoms with Gasteiger partial charge in [0, 0.05) is 10.0 Å². The number of halogens is 4. The van der Waals surface area contributed by atoms with E-state index in [9.17, 15) is 0 Å². The molecule has 1 aromatic heterocycles. The minimum atomic E-state index is -1.69. The third-order valence-electron chi connectivity index (χ3n) is 1.77. The Morgan fingerprint density at radius 2 is 1.75 bits per heavy atom. The van der Waals surface area contributed by atoms with Crippen LogP contribution in [0.2, 0.25) is 0 Å². The summed E-state index contributed by atoms with van der Waals surface area (Å²) in [6, 6.07) is 7.38. The Bertz CT molecular complexity index is 492. The largest absolute Gasteiger partial charge is 0.334 e. The van der Waals surface area contributed by atoms with E-state index in [1.807, 2.05) is 24.3 Å². The maximum Gasteiger partial charge on any atom is 0.279 e. The molecule has 0 fully saturated rings. The second-order valence-corrected chi connectivity index (χ2v) is 6.12. The first kappa shape index (κ1) is 12.2. The summed E-state index contributed by atoms with van der Waals surface area (Å²) in [5.41, 5.74) is 0.785. The van der Waals surface area contributed by atoms with Crippen molar-refractivity contribution in [2.75, 3.05) is 0 Å². The molecule has 1 aromatic carbocycles. The normalized spacial score (nSPS) is 11.8. The zero-order chi connectivity index (χ0) is 11.8. The van der Waals surface area contributed by atoms with E-state index >= 15 is 0 Å². The van der Waals surface area contributed by atoms with Crippen molar-refractivity contribution in [1.29, 1.82) is 0 Å². The van der Waals surface area contributed by atoms with Crippen LogP contribution in [-0.4, -0.2) is 10.1 Å². The molecular weight excluding hydrogens is 338 g/mol. The highest BCUT2D eigenvalue weighted by molar-refractivity contribution is 9.10. The molecule has 0 atom stereocenters. The highest BCUT2D eigenvalue weighted by Gasteiger charge is 2.30. The van der Waals surface area contributed by atoms with Gasteiger partial charge in [-0.3, -0.25) is 0 Å². The lowest BCUT2D eigenvalue weighted by molar-refractivity contribution is 0.383. The van der Waals surface area contributed by atoms with Gasteiger partial charge in [0.1, 0.15) is 0 Å². The van der Waals surface area contributed by atoms with Crippen LogP contribution in [0.5, 0.6) is 0 Å². The maximum atomic E-state index is 5.61. The molecule has 0 spiro atoms. The summed E-state index contributed by atoms with van der Waals surface area (Å²) in [5.74, 6) is 0.337. The summed E-state index contributed by atoms with van der Waals surface area (Å²) in [6.07, 6.45) is 0. The fourth-order valence-corrected chi connectivity index (χ4v) is 1.55. The Morgan fingerprint density at radius 3 is 2.25 bits per heavy atom. The Hall–Kier alpha value is -0.290. The molecule has 7 heteroatoms. The SMILES string of the molecule is ClC(Cl)(Cl)c1nc(-c2ccc(Br)cc2)no1. The number of alkyl halides is 3. The molecule has 16 heavy (non-hydrogen) atoms. The van der Waals surface area contributed by atoms with E-state index in [0.717, 1.165) is 10.0 Å². The van der Waals surface area contributed by atoms with Gasteiger partial charge in [0.15, 0.2) is 0 Å². The van der Waals surface area contributed by atoms with Crippen LogP contribution in [0.1, 0.15) is 5.89 Å². The molecule has 0 aliphatic carbocycles. The quantitative estimate of drug-likeness (QED) is 0.724. The van der Waals surface area contributed by atoms with Crippen molar-refractivity contribution in [3.63, 3.8) is 0 Å². The van der Waals surface area contributed by atoms with Crippen molar-refractivity contribution >= 4 is 50.7 Å². The van der Waals surface area contributed by atoms with E-state index < -0.39 is 3.79 Å². The lowest BCUT2D eigenvalue weighted by atomic mass is 10.2. The van der Waals surface area contributed by atoms with Crippen LogP contribution in [0.3, 0.4) is 0 Å². The number of nitrogens with zero attached hydrogens (tertiary/aromatic N) is 2. The average molecular weight is 342 g/mol. The second kappa shape index (κ2) is 4.53. The number of hydrogen-bond donors (Lipinski definition) is 0. The number of hydrogen-bond acceptors (Lipinski definition) is 3. The highest BCUT2D eigenvalue weighted by atomic mass is 79.9. The van der Waals surface area contributed by atoms with Gasteiger partial charge < -0.3 is 4.52 Å². The second-order valence-electron chi connectivity index (χ2n) is 2.93. The first-order chi connectivity index (χ1) is 7.47. The molecule has 0 radical (unpaired) electrons. The van der Waals surface area contributed by atoms with E-state index in [-0.39, 0.29) is 5.89 Å². The van der Waals surface area contributed by atoms with E-state index in [2.05, 4.69) is 26.1 Å². The molecular formula is C9H4BrCl3N2O. The predicted molar refractivity (Wildman–Crippen MR) is 66.7 cm³/mol. The number of benzene rings is 1. The van der Waals surface area contributed by atoms with Crippen molar-refractivity contribution in [2.24, 2.45) is 0 Å². The third kappa shape index (κ3) is 2.69. The summed E-state index contributed by atoms with van der Waals surface area (Å²) >= 11 is 20.2. The molecule has 0 saturated carbocycles. The van der Waals surface area contributed by atoms with Gasteiger partial charge >= 0.3 is 0 Å². The molecule has 0 aliphatic rings. The molecule has 0 bridgehead atoms. The van der Waals surface area contributed by atoms with Crippen molar-refractivity contribution in [3.8, 4) is 11.4 Å². The lowest BCUT2D eigenvalue weighted by Crippen LogP contribution is -1.99. The number of rotatable bonds is 1. The molecule has 2 rings (SSSR count). The Morgan fingerprint density at radius 1 is 1.12 bits per heavy atom. The van der Waals surface area contributed by atoms with Crippen molar-refractivity contribution in [3.05, 3.63) is 34.6 Å². The van der Waals surface area contributed by atoms with Crippen LogP contribution >= 0.6 is 50.7 Å². The van der Waals surface area contributed by atoms with Gasteiger partial charge in [0.05, 0.1) is 0 Å². The van der Waals surface area contributed by atoms with Gasteiger partial charge in [-0.15, -0.1) is 0 Å². The van der Waals surface area contributed by atoms with Gasteiger partial charge in [0.25, 0.3) is 9.68 Å². The van der Waals surface area contributed by atoms with E-state index in [1.54, 1.807) is 0 Å². The molecule has 0 amide bonds. The first-order valence-corrected chi connectivity index (χ1v) is 6.06. The summed E-state index contributed by atoms with van der Waals surface area (Å²) in [5, 5.41) is 3.73. The van der Waals surface area contributed by atoms with Crippen LogP contribution in [0, 0.1) is 0 Å². The number of aromatic nitrogens is 2. The topological polar surface area (TPSA) is 38.9 Å². The van der Waals surface area contributed by atoms with E-state index in [0.29, 0.717) is 5.82 Å². The fraction of sp³-hybridized carbons (Fsp3) is 0.111. The van der Waals surface area contributed by atoms with Crippen molar-refractivity contribution in [2.45, 2.75) is 3.79 Å². The van der Waals surface area contributed by atoms with Gasteiger partial charge in [-0.2, -0.15) is 4.98 Å². The van der Waals surface area contributed by atoms with Crippen LogP contribution in [0.25, 0.3) is 11.4 Å². The molecule has 3 nitrogen and oxygen atoms in total. The van der Waals surface area contributed by atoms with Crippen molar-refractivity contribution in [1.82, 2.24) is 10.1 Å². The minimum Gasteiger partial charge on any atom is -0.334 e. The molecule has 1 heterocycles. The van der Waals surface area contributed by atoms with E-state index in [4.69, 9.17) is 39.3 Å². The zero-order valence-corrected chi connectivity index (χ0v) is 11.5. The molecule has 0 aliphatic heterocycles. The zero-order valence-electron chi connectivity index (χ0n) is 7.62. The van der Waals surface area contributed by atoms with Crippen LogP contribution in [0.15, 0.2) is 33.3 Å². The van der Waals surface area contributed by atoms with Crippen LogP contribution in [0.4, 0.5) is 0 Å². The standard InChI is InChI=1S/C9H4BrCl3N2O/c10-6-3-1-5(2-4-6)7-14-8(16-15-7)9(11,12)13/h1-4H. The predicted octanol–water partition coefficient (Wildman–Crippen LogP) is 4.33. The maximum absolute atomic E-state index is 5.61. The van der Waals surface area contributed by atoms with Gasteiger partial charge in [-0.1, -0.05) is 55.9 Å². The van der Waals surface area contributed by atoms with Crippen LogP contribution in [-0.2, 0) is 3.79 Å². The smallest absolute Gasteiger partial charge is 0.279 e. The fourth-order valence-electron chi connectivity index (χ4n) is 1.05. The molecule has 0 N–H and O–H groups in total. The Labute approximate surface area is 115 Å². The molecule has 0 unspecified atom stereocenters.